The third-order valence-electron chi connectivity index (χ3n) is 5.25. The van der Waals surface area contributed by atoms with Crippen molar-refractivity contribution in [1.29, 1.82) is 0 Å². The minimum Gasteiger partial charge on any atom is -0.338 e. The molecule has 0 bridgehead atoms. The molecule has 0 atom stereocenters. The monoisotopic (exact) mass is 309 g/mol. The molecule has 1 amide bonds. The van der Waals surface area contributed by atoms with E-state index in [4.69, 9.17) is 0 Å². The average Bonchev–Trinajstić information content (AvgIpc) is 3.15. The number of pyridine rings is 1. The van der Waals surface area contributed by atoms with E-state index >= 15 is 0 Å². The zero-order valence-electron chi connectivity index (χ0n) is 13.4. The molecule has 1 aromatic carbocycles. The lowest BCUT2D eigenvalue weighted by molar-refractivity contribution is 0.0644. The summed E-state index contributed by atoms with van der Waals surface area (Å²) < 4.78 is 0. The van der Waals surface area contributed by atoms with E-state index in [2.05, 4.69) is 9.88 Å². The summed E-state index contributed by atoms with van der Waals surface area (Å²) in [5, 5.41) is 1.03. The van der Waals surface area contributed by atoms with E-state index in [0.29, 0.717) is 11.6 Å². The molecule has 2 aliphatic rings. The summed E-state index contributed by atoms with van der Waals surface area (Å²) in [6, 6.07) is 10.6. The van der Waals surface area contributed by atoms with Crippen LogP contribution in [0.15, 0.2) is 36.5 Å². The maximum atomic E-state index is 12.7. The lowest BCUT2D eigenvalue weighted by atomic mass is 10.0. The average molecular weight is 309 g/mol. The molecule has 23 heavy (non-hydrogen) atoms. The molecule has 0 radical (unpaired) electrons. The van der Waals surface area contributed by atoms with Gasteiger partial charge in [-0.1, -0.05) is 18.2 Å². The third kappa shape index (κ3) is 2.95. The van der Waals surface area contributed by atoms with Gasteiger partial charge in [-0.25, -0.2) is 0 Å². The largest absolute Gasteiger partial charge is 0.338 e. The summed E-state index contributed by atoms with van der Waals surface area (Å²) in [6.45, 7) is 4.22. The van der Waals surface area contributed by atoms with Crippen LogP contribution in [0, 0.1) is 0 Å². The Balaban J connectivity index is 1.44. The number of aromatic nitrogens is 1. The highest BCUT2D eigenvalue weighted by Crippen LogP contribution is 2.22. The van der Waals surface area contributed by atoms with E-state index in [-0.39, 0.29) is 5.91 Å². The molecule has 0 unspecified atom stereocenters. The minimum absolute atomic E-state index is 0.128. The molecule has 2 aliphatic heterocycles. The Morgan fingerprint density at radius 3 is 2.57 bits per heavy atom. The van der Waals surface area contributed by atoms with E-state index < -0.39 is 0 Å². The van der Waals surface area contributed by atoms with Gasteiger partial charge >= 0.3 is 0 Å². The molecule has 120 valence electrons. The topological polar surface area (TPSA) is 36.4 Å². The zero-order chi connectivity index (χ0) is 15.6. The van der Waals surface area contributed by atoms with Crippen molar-refractivity contribution in [2.45, 2.75) is 31.7 Å². The Bertz CT molecular complexity index is 701. The number of rotatable bonds is 2. The van der Waals surface area contributed by atoms with Crippen LogP contribution in [0.25, 0.3) is 10.9 Å². The zero-order valence-corrected chi connectivity index (χ0v) is 13.4. The fourth-order valence-corrected chi connectivity index (χ4v) is 3.91. The fraction of sp³-hybridized carbons (Fsp3) is 0.474. The highest BCUT2D eigenvalue weighted by atomic mass is 16.2. The van der Waals surface area contributed by atoms with Gasteiger partial charge < -0.3 is 9.80 Å². The van der Waals surface area contributed by atoms with Gasteiger partial charge in [0.15, 0.2) is 0 Å². The number of hydrogen-bond acceptors (Lipinski definition) is 3. The molecule has 4 nitrogen and oxygen atoms in total. The molecule has 4 heteroatoms. The standard InChI is InChI=1S/C19H23N3O/c23-19(16-13-15-5-1-2-6-18(15)20-14-16)22-11-7-17(8-12-22)21-9-3-4-10-21/h1-2,5-6,13-14,17H,3-4,7-12H2. The first-order valence-electron chi connectivity index (χ1n) is 8.69. The molecule has 0 spiro atoms. The maximum Gasteiger partial charge on any atom is 0.255 e. The molecule has 3 heterocycles. The quantitative estimate of drug-likeness (QED) is 0.856. The predicted molar refractivity (Wildman–Crippen MR) is 91.5 cm³/mol. The Hall–Kier alpha value is -1.94. The third-order valence-corrected chi connectivity index (χ3v) is 5.25. The summed E-state index contributed by atoms with van der Waals surface area (Å²) in [5.41, 5.74) is 1.65. The van der Waals surface area contributed by atoms with Crippen LogP contribution in [0.1, 0.15) is 36.0 Å². The molecule has 0 N–H and O–H groups in total. The van der Waals surface area contributed by atoms with Gasteiger partial charge in [0.2, 0.25) is 0 Å². The summed E-state index contributed by atoms with van der Waals surface area (Å²) >= 11 is 0. The Labute approximate surface area is 137 Å². The number of fused-ring (bicyclic) bond motifs is 1. The van der Waals surface area contributed by atoms with Crippen LogP contribution in [0.4, 0.5) is 0 Å². The lowest BCUT2D eigenvalue weighted by Gasteiger charge is -2.36. The molecule has 2 fully saturated rings. The molecule has 2 aromatic rings. The highest BCUT2D eigenvalue weighted by molar-refractivity contribution is 5.97. The predicted octanol–water partition coefficient (Wildman–Crippen LogP) is 2.94. The van der Waals surface area contributed by atoms with Crippen LogP contribution in [0.2, 0.25) is 0 Å². The van der Waals surface area contributed by atoms with Crippen molar-refractivity contribution >= 4 is 16.8 Å². The van der Waals surface area contributed by atoms with Crippen LogP contribution < -0.4 is 0 Å². The van der Waals surface area contributed by atoms with Gasteiger partial charge in [0.05, 0.1) is 11.1 Å². The summed E-state index contributed by atoms with van der Waals surface area (Å²) in [4.78, 5) is 21.8. The maximum absolute atomic E-state index is 12.7. The van der Waals surface area contributed by atoms with Crippen molar-refractivity contribution in [3.05, 3.63) is 42.1 Å². The molecule has 0 saturated carbocycles. The van der Waals surface area contributed by atoms with Crippen LogP contribution in [-0.2, 0) is 0 Å². The minimum atomic E-state index is 0.128. The number of amides is 1. The van der Waals surface area contributed by atoms with Crippen molar-refractivity contribution in [2.24, 2.45) is 0 Å². The van der Waals surface area contributed by atoms with Crippen LogP contribution in [0.3, 0.4) is 0 Å². The van der Waals surface area contributed by atoms with Gasteiger partial charge in [0.1, 0.15) is 0 Å². The Kier molecular flexibility index (Phi) is 4.00. The SMILES string of the molecule is O=C(c1cnc2ccccc2c1)N1CCC(N2CCCC2)CC1. The summed E-state index contributed by atoms with van der Waals surface area (Å²) in [6.07, 6.45) is 6.60. The number of para-hydroxylation sites is 1. The van der Waals surface area contributed by atoms with E-state index in [1.54, 1.807) is 6.20 Å². The second-order valence-electron chi connectivity index (χ2n) is 6.68. The molecular formula is C19H23N3O. The molecule has 4 rings (SSSR count). The Morgan fingerprint density at radius 1 is 1.04 bits per heavy atom. The van der Waals surface area contributed by atoms with Gasteiger partial charge in [-0.2, -0.15) is 0 Å². The van der Waals surface area contributed by atoms with Gasteiger partial charge in [0.25, 0.3) is 5.91 Å². The first-order chi connectivity index (χ1) is 11.3. The first-order valence-corrected chi connectivity index (χ1v) is 8.69. The lowest BCUT2D eigenvalue weighted by Crippen LogP contribution is -2.45. The molecule has 2 saturated heterocycles. The number of likely N-dealkylation sites (tertiary alicyclic amines) is 2. The molecular weight excluding hydrogens is 286 g/mol. The van der Waals surface area contributed by atoms with Crippen LogP contribution in [-0.4, -0.2) is 52.9 Å². The number of benzene rings is 1. The van der Waals surface area contributed by atoms with Crippen molar-refractivity contribution in [3.63, 3.8) is 0 Å². The number of carbonyl (C=O) groups excluding carboxylic acids is 1. The first kappa shape index (κ1) is 14.6. The second-order valence-corrected chi connectivity index (χ2v) is 6.68. The Morgan fingerprint density at radius 2 is 1.78 bits per heavy atom. The van der Waals surface area contributed by atoms with Crippen molar-refractivity contribution in [1.82, 2.24) is 14.8 Å². The smallest absolute Gasteiger partial charge is 0.255 e. The number of nitrogens with zero attached hydrogens (tertiary/aromatic N) is 3. The van der Waals surface area contributed by atoms with E-state index in [1.807, 2.05) is 35.2 Å². The van der Waals surface area contributed by atoms with Crippen molar-refractivity contribution in [3.8, 4) is 0 Å². The number of piperidine rings is 1. The van der Waals surface area contributed by atoms with E-state index in [9.17, 15) is 4.79 Å². The summed E-state index contributed by atoms with van der Waals surface area (Å²) in [5.74, 6) is 0.128. The van der Waals surface area contributed by atoms with Crippen LogP contribution >= 0.6 is 0 Å². The van der Waals surface area contributed by atoms with Crippen LogP contribution in [0.5, 0.6) is 0 Å². The van der Waals surface area contributed by atoms with E-state index in [1.165, 1.54) is 25.9 Å². The van der Waals surface area contributed by atoms with Gasteiger partial charge in [-0.3, -0.25) is 9.78 Å². The highest BCUT2D eigenvalue weighted by Gasteiger charge is 2.28. The normalized spacial score (nSPS) is 20.3. The van der Waals surface area contributed by atoms with Crippen molar-refractivity contribution in [2.75, 3.05) is 26.2 Å². The molecule has 1 aromatic heterocycles. The van der Waals surface area contributed by atoms with Crippen molar-refractivity contribution < 1.29 is 4.79 Å². The second kappa shape index (κ2) is 6.28. The van der Waals surface area contributed by atoms with Gasteiger partial charge in [-0.05, 0) is 50.9 Å². The fourth-order valence-electron chi connectivity index (χ4n) is 3.91. The molecule has 0 aliphatic carbocycles. The number of hydrogen-bond donors (Lipinski definition) is 0. The summed E-state index contributed by atoms with van der Waals surface area (Å²) in [7, 11) is 0. The van der Waals surface area contributed by atoms with Gasteiger partial charge in [0, 0.05) is 30.7 Å². The number of carbonyl (C=O) groups is 1. The van der Waals surface area contributed by atoms with E-state index in [0.717, 1.165) is 36.8 Å². The van der Waals surface area contributed by atoms with Gasteiger partial charge in [-0.15, -0.1) is 0 Å².